The summed E-state index contributed by atoms with van der Waals surface area (Å²) in [4.78, 5) is 2.40. The smallest absolute Gasteiger partial charge is 0.200 e. The van der Waals surface area contributed by atoms with Crippen LogP contribution in [0.4, 0.5) is 0 Å². The molecule has 0 unspecified atom stereocenters. The third kappa shape index (κ3) is 4.08. The van der Waals surface area contributed by atoms with Gasteiger partial charge in [-0.05, 0) is 43.2 Å². The van der Waals surface area contributed by atoms with Crippen molar-refractivity contribution in [3.05, 3.63) is 64.7 Å². The summed E-state index contributed by atoms with van der Waals surface area (Å²) in [6.45, 7) is 3.92. The van der Waals surface area contributed by atoms with Crippen molar-refractivity contribution in [2.75, 3.05) is 0 Å². The zero-order valence-corrected chi connectivity index (χ0v) is 13.9. The lowest BCUT2D eigenvalue weighted by molar-refractivity contribution is 0.584. The predicted molar refractivity (Wildman–Crippen MR) is 89.8 cm³/mol. The Labute approximate surface area is 135 Å². The van der Waals surface area contributed by atoms with Crippen LogP contribution in [0.1, 0.15) is 24.5 Å². The largest absolute Gasteiger partial charge is 0.276 e. The molecule has 0 saturated carbocycles. The zero-order chi connectivity index (χ0) is 16.2. The minimum Gasteiger partial charge on any atom is -0.200 e. The Morgan fingerprint density at radius 2 is 1.68 bits per heavy atom. The monoisotopic (exact) mass is 336 g/mol. The van der Waals surface area contributed by atoms with Crippen LogP contribution in [-0.2, 0) is 10.0 Å². The van der Waals surface area contributed by atoms with E-state index in [1.165, 1.54) is 24.3 Å². The maximum absolute atomic E-state index is 12.2. The van der Waals surface area contributed by atoms with Crippen molar-refractivity contribution in [2.45, 2.75) is 25.2 Å². The van der Waals surface area contributed by atoms with Gasteiger partial charge in [0.15, 0.2) is 0 Å². The normalized spacial score (nSPS) is 12.2. The fourth-order valence-electron chi connectivity index (χ4n) is 1.88. The molecule has 116 valence electrons. The first-order valence-corrected chi connectivity index (χ1v) is 8.69. The molecule has 0 aliphatic carbocycles. The van der Waals surface area contributed by atoms with Gasteiger partial charge in [0.2, 0.25) is 0 Å². The molecule has 2 rings (SSSR count). The molecule has 0 aromatic heterocycles. The summed E-state index contributed by atoms with van der Waals surface area (Å²) in [5, 5.41) is 4.54. The van der Waals surface area contributed by atoms with Crippen LogP contribution in [0.5, 0.6) is 0 Å². The predicted octanol–water partition coefficient (Wildman–Crippen LogP) is 3.74. The van der Waals surface area contributed by atoms with Gasteiger partial charge < -0.3 is 0 Å². The molecule has 0 radical (unpaired) electrons. The molecule has 0 bridgehead atoms. The summed E-state index contributed by atoms with van der Waals surface area (Å²) in [7, 11) is -3.69. The highest BCUT2D eigenvalue weighted by molar-refractivity contribution is 7.89. The molecule has 2 aromatic rings. The van der Waals surface area contributed by atoms with E-state index in [4.69, 9.17) is 11.6 Å². The quantitative estimate of drug-likeness (QED) is 0.668. The minimum absolute atomic E-state index is 0.125. The van der Waals surface area contributed by atoms with E-state index in [0.717, 1.165) is 11.1 Å². The minimum atomic E-state index is -3.69. The second-order valence-corrected chi connectivity index (χ2v) is 6.92. The fourth-order valence-corrected chi connectivity index (χ4v) is 2.83. The molecule has 0 heterocycles. The van der Waals surface area contributed by atoms with Crippen molar-refractivity contribution in [2.24, 2.45) is 5.10 Å². The van der Waals surface area contributed by atoms with Crippen LogP contribution in [-0.4, -0.2) is 14.1 Å². The van der Waals surface area contributed by atoms with Crippen LogP contribution in [0.25, 0.3) is 0 Å². The first kappa shape index (κ1) is 16.5. The molecule has 0 aliphatic rings. The van der Waals surface area contributed by atoms with E-state index in [0.29, 0.717) is 17.2 Å². The maximum atomic E-state index is 12.2. The molecule has 0 saturated heterocycles. The number of halogens is 1. The highest BCUT2D eigenvalue weighted by Gasteiger charge is 2.13. The summed E-state index contributed by atoms with van der Waals surface area (Å²) in [5.41, 5.74) is 2.71. The van der Waals surface area contributed by atoms with Gasteiger partial charge in [-0.1, -0.05) is 48.4 Å². The molecule has 0 amide bonds. The Balaban J connectivity index is 2.24. The maximum Gasteiger partial charge on any atom is 0.276 e. The SMILES string of the molecule is CCC(=NNS(=O)(=O)c1ccc(Cl)cc1)c1ccc(C)cc1. The molecule has 0 aliphatic heterocycles. The van der Waals surface area contributed by atoms with Crippen molar-refractivity contribution in [3.63, 3.8) is 0 Å². The standard InChI is InChI=1S/C16H17ClN2O2S/c1-3-16(13-6-4-12(2)5-7-13)18-19-22(20,21)15-10-8-14(17)9-11-15/h4-11,19H,3H2,1-2H3. The molecule has 4 nitrogen and oxygen atoms in total. The Kier molecular flexibility index (Phi) is 5.21. The third-order valence-corrected chi connectivity index (χ3v) is 4.62. The fraction of sp³-hybridized carbons (Fsp3) is 0.188. The van der Waals surface area contributed by atoms with Crippen LogP contribution < -0.4 is 4.83 Å². The molecule has 0 spiro atoms. The van der Waals surface area contributed by atoms with Gasteiger partial charge in [0.05, 0.1) is 10.6 Å². The van der Waals surface area contributed by atoms with Gasteiger partial charge in [-0.2, -0.15) is 18.4 Å². The summed E-state index contributed by atoms with van der Waals surface area (Å²) in [5.74, 6) is 0. The van der Waals surface area contributed by atoms with E-state index in [2.05, 4.69) is 9.93 Å². The van der Waals surface area contributed by atoms with Gasteiger partial charge in [0.25, 0.3) is 10.0 Å². The summed E-state index contributed by atoms with van der Waals surface area (Å²) in [6.07, 6.45) is 0.617. The second kappa shape index (κ2) is 6.94. The van der Waals surface area contributed by atoms with E-state index in [1.54, 1.807) is 0 Å². The Bertz CT molecular complexity index is 767. The lowest BCUT2D eigenvalue weighted by Gasteiger charge is -2.07. The number of sulfonamides is 1. The number of hydrogen-bond acceptors (Lipinski definition) is 3. The average molecular weight is 337 g/mol. The molecule has 1 N–H and O–H groups in total. The van der Waals surface area contributed by atoms with Crippen LogP contribution in [0.3, 0.4) is 0 Å². The van der Waals surface area contributed by atoms with Crippen molar-refractivity contribution in [1.29, 1.82) is 0 Å². The van der Waals surface area contributed by atoms with E-state index >= 15 is 0 Å². The van der Waals surface area contributed by atoms with Crippen molar-refractivity contribution >= 4 is 27.3 Å². The van der Waals surface area contributed by atoms with E-state index in [9.17, 15) is 8.42 Å². The lowest BCUT2D eigenvalue weighted by atomic mass is 10.1. The van der Waals surface area contributed by atoms with Crippen molar-refractivity contribution < 1.29 is 8.42 Å². The summed E-state index contributed by atoms with van der Waals surface area (Å²) < 4.78 is 24.4. The highest BCUT2D eigenvalue weighted by Crippen LogP contribution is 2.14. The van der Waals surface area contributed by atoms with Gasteiger partial charge in [-0.3, -0.25) is 0 Å². The molecule has 0 fully saturated rings. The van der Waals surface area contributed by atoms with E-state index < -0.39 is 10.0 Å². The Morgan fingerprint density at radius 3 is 2.23 bits per heavy atom. The highest BCUT2D eigenvalue weighted by atomic mass is 35.5. The van der Waals surface area contributed by atoms with Crippen LogP contribution in [0.15, 0.2) is 58.5 Å². The summed E-state index contributed by atoms with van der Waals surface area (Å²) >= 11 is 5.76. The number of nitrogens with zero attached hydrogens (tertiary/aromatic N) is 1. The molecule has 2 aromatic carbocycles. The Morgan fingerprint density at radius 1 is 1.09 bits per heavy atom. The van der Waals surface area contributed by atoms with E-state index in [1.807, 2.05) is 38.1 Å². The number of rotatable bonds is 5. The molecule has 0 atom stereocenters. The molecular weight excluding hydrogens is 320 g/mol. The van der Waals surface area contributed by atoms with Gasteiger partial charge >= 0.3 is 0 Å². The number of hydrogen-bond donors (Lipinski definition) is 1. The summed E-state index contributed by atoms with van der Waals surface area (Å²) in [6, 6.07) is 13.7. The molecule has 6 heteroatoms. The topological polar surface area (TPSA) is 58.5 Å². The van der Waals surface area contributed by atoms with Crippen LogP contribution in [0, 0.1) is 6.92 Å². The number of hydrazone groups is 1. The van der Waals surface area contributed by atoms with Crippen LogP contribution >= 0.6 is 11.6 Å². The number of aryl methyl sites for hydroxylation is 1. The van der Waals surface area contributed by atoms with Gasteiger partial charge in [-0.15, -0.1) is 0 Å². The molecular formula is C16H17ClN2O2S. The molecule has 22 heavy (non-hydrogen) atoms. The number of benzene rings is 2. The van der Waals surface area contributed by atoms with Gasteiger partial charge in [0.1, 0.15) is 0 Å². The first-order chi connectivity index (χ1) is 10.4. The third-order valence-electron chi connectivity index (χ3n) is 3.14. The van der Waals surface area contributed by atoms with Crippen LogP contribution in [0.2, 0.25) is 5.02 Å². The van der Waals surface area contributed by atoms with Crippen molar-refractivity contribution in [1.82, 2.24) is 4.83 Å². The van der Waals surface area contributed by atoms with Gasteiger partial charge in [0, 0.05) is 5.02 Å². The average Bonchev–Trinajstić information content (AvgIpc) is 2.50. The van der Waals surface area contributed by atoms with Gasteiger partial charge in [-0.25, -0.2) is 0 Å². The second-order valence-electron chi connectivity index (χ2n) is 4.83. The zero-order valence-electron chi connectivity index (χ0n) is 12.4. The van der Waals surface area contributed by atoms with E-state index in [-0.39, 0.29) is 4.90 Å². The first-order valence-electron chi connectivity index (χ1n) is 6.83. The lowest BCUT2D eigenvalue weighted by Crippen LogP contribution is -2.20. The Hall–Kier alpha value is -1.85. The van der Waals surface area contributed by atoms with Crippen molar-refractivity contribution in [3.8, 4) is 0 Å². The number of nitrogens with one attached hydrogen (secondary N) is 1.